The first-order valence-corrected chi connectivity index (χ1v) is 7.14. The van der Waals surface area contributed by atoms with Crippen molar-refractivity contribution in [3.63, 3.8) is 0 Å². The van der Waals surface area contributed by atoms with E-state index in [1.165, 1.54) is 6.07 Å². The first-order chi connectivity index (χ1) is 9.56. The van der Waals surface area contributed by atoms with E-state index in [2.05, 4.69) is 5.10 Å². The zero-order chi connectivity index (χ0) is 14.5. The fourth-order valence-corrected chi connectivity index (χ4v) is 2.60. The van der Waals surface area contributed by atoms with E-state index in [-0.39, 0.29) is 5.56 Å². The highest BCUT2D eigenvalue weighted by atomic mass is 32.2. The Morgan fingerprint density at radius 3 is 2.90 bits per heavy atom. The van der Waals surface area contributed by atoms with Crippen LogP contribution in [-0.2, 0) is 7.05 Å². The Bertz CT molecular complexity index is 610. The smallest absolute Gasteiger partial charge is 0.335 e. The van der Waals surface area contributed by atoms with Crippen LogP contribution in [0.2, 0.25) is 0 Å². The molecule has 1 heterocycles. The lowest BCUT2D eigenvalue weighted by Gasteiger charge is -2.06. The fraction of sp³-hybridized carbons (Fsp3) is 0.286. The maximum Gasteiger partial charge on any atom is 0.335 e. The SMILES string of the molecule is Cc1cc(SCCOc2cccc(C(=O)O)c2)n(C)n1. The van der Waals surface area contributed by atoms with Crippen LogP contribution in [-0.4, -0.2) is 33.2 Å². The van der Waals surface area contributed by atoms with Gasteiger partial charge in [0.05, 0.1) is 22.9 Å². The summed E-state index contributed by atoms with van der Waals surface area (Å²) in [6.07, 6.45) is 0. The molecule has 0 saturated heterocycles. The van der Waals surface area contributed by atoms with Crippen LogP contribution in [0.25, 0.3) is 0 Å². The second-order valence-corrected chi connectivity index (χ2v) is 5.39. The van der Waals surface area contributed by atoms with Gasteiger partial charge >= 0.3 is 5.97 Å². The number of carbonyl (C=O) groups is 1. The van der Waals surface area contributed by atoms with Crippen molar-refractivity contribution in [2.45, 2.75) is 11.9 Å². The number of nitrogens with zero attached hydrogens (tertiary/aromatic N) is 2. The van der Waals surface area contributed by atoms with Gasteiger partial charge in [0, 0.05) is 12.8 Å². The third-order valence-corrected chi connectivity index (χ3v) is 3.69. The molecule has 0 bridgehead atoms. The Labute approximate surface area is 121 Å². The predicted octanol–water partition coefficient (Wildman–Crippen LogP) is 2.60. The summed E-state index contributed by atoms with van der Waals surface area (Å²) in [7, 11) is 1.91. The third-order valence-electron chi connectivity index (χ3n) is 2.64. The van der Waals surface area contributed by atoms with Gasteiger partial charge in [-0.05, 0) is 31.2 Å². The Kier molecular flexibility index (Phi) is 4.68. The number of ether oxygens (including phenoxy) is 1. The summed E-state index contributed by atoms with van der Waals surface area (Å²) in [5.74, 6) is 0.401. The second kappa shape index (κ2) is 6.47. The third kappa shape index (κ3) is 3.77. The molecule has 1 aromatic heterocycles. The number of aromatic carboxylic acids is 1. The first kappa shape index (κ1) is 14.5. The van der Waals surface area contributed by atoms with E-state index in [4.69, 9.17) is 9.84 Å². The summed E-state index contributed by atoms with van der Waals surface area (Å²) < 4.78 is 7.39. The number of carboxylic acid groups (broad SMARTS) is 1. The number of aromatic nitrogens is 2. The molecule has 0 saturated carbocycles. The standard InChI is InChI=1S/C14H16N2O3S/c1-10-8-13(16(2)15-10)20-7-6-19-12-5-3-4-11(9-12)14(17)18/h3-5,8-9H,6-7H2,1-2H3,(H,17,18). The van der Waals surface area contributed by atoms with Gasteiger partial charge in [-0.25, -0.2) is 4.79 Å². The van der Waals surface area contributed by atoms with Gasteiger partial charge in [0.1, 0.15) is 5.75 Å². The van der Waals surface area contributed by atoms with Gasteiger partial charge in [-0.15, -0.1) is 11.8 Å². The molecule has 106 valence electrons. The number of thioether (sulfide) groups is 1. The lowest BCUT2D eigenvalue weighted by atomic mass is 10.2. The lowest BCUT2D eigenvalue weighted by Crippen LogP contribution is -2.03. The molecular formula is C14H16N2O3S. The molecular weight excluding hydrogens is 276 g/mol. The second-order valence-electron chi connectivity index (χ2n) is 4.28. The summed E-state index contributed by atoms with van der Waals surface area (Å²) in [6.45, 7) is 2.47. The van der Waals surface area contributed by atoms with Crippen LogP contribution in [0.4, 0.5) is 0 Å². The summed E-state index contributed by atoms with van der Waals surface area (Å²) in [6, 6.07) is 8.53. The molecule has 0 fully saturated rings. The van der Waals surface area contributed by atoms with Crippen LogP contribution < -0.4 is 4.74 Å². The molecule has 0 atom stereocenters. The van der Waals surface area contributed by atoms with E-state index in [0.29, 0.717) is 12.4 Å². The zero-order valence-corrected chi connectivity index (χ0v) is 12.2. The summed E-state index contributed by atoms with van der Waals surface area (Å²) >= 11 is 1.66. The highest BCUT2D eigenvalue weighted by Crippen LogP contribution is 2.19. The van der Waals surface area contributed by atoms with Gasteiger partial charge in [0.25, 0.3) is 0 Å². The number of hydrogen-bond donors (Lipinski definition) is 1. The highest BCUT2D eigenvalue weighted by molar-refractivity contribution is 7.99. The van der Waals surface area contributed by atoms with Crippen LogP contribution in [0.1, 0.15) is 16.1 Å². The largest absolute Gasteiger partial charge is 0.493 e. The highest BCUT2D eigenvalue weighted by Gasteiger charge is 2.05. The molecule has 0 amide bonds. The van der Waals surface area contributed by atoms with E-state index in [1.807, 2.05) is 24.7 Å². The Hall–Kier alpha value is -1.95. The van der Waals surface area contributed by atoms with Crippen molar-refractivity contribution in [2.24, 2.45) is 7.05 Å². The Morgan fingerprint density at radius 1 is 1.45 bits per heavy atom. The van der Waals surface area contributed by atoms with Gasteiger partial charge in [-0.2, -0.15) is 5.10 Å². The van der Waals surface area contributed by atoms with Crippen molar-refractivity contribution < 1.29 is 14.6 Å². The fourth-order valence-electron chi connectivity index (χ4n) is 1.75. The molecule has 0 aliphatic heterocycles. The van der Waals surface area contributed by atoms with Crippen LogP contribution >= 0.6 is 11.8 Å². The van der Waals surface area contributed by atoms with E-state index in [0.717, 1.165) is 16.5 Å². The number of benzene rings is 1. The first-order valence-electron chi connectivity index (χ1n) is 6.16. The summed E-state index contributed by atoms with van der Waals surface area (Å²) in [5, 5.41) is 14.3. The zero-order valence-electron chi connectivity index (χ0n) is 11.4. The minimum Gasteiger partial charge on any atom is -0.493 e. The van der Waals surface area contributed by atoms with E-state index in [1.54, 1.807) is 30.0 Å². The van der Waals surface area contributed by atoms with E-state index < -0.39 is 5.97 Å². The Morgan fingerprint density at radius 2 is 2.25 bits per heavy atom. The van der Waals surface area contributed by atoms with Crippen molar-refractivity contribution in [3.05, 3.63) is 41.6 Å². The number of carboxylic acids is 1. The molecule has 0 aliphatic carbocycles. The van der Waals surface area contributed by atoms with Crippen molar-refractivity contribution in [1.82, 2.24) is 9.78 Å². The molecule has 0 spiro atoms. The maximum absolute atomic E-state index is 10.8. The van der Waals surface area contributed by atoms with Crippen LogP contribution in [0.15, 0.2) is 35.4 Å². The van der Waals surface area contributed by atoms with Crippen LogP contribution in [0.3, 0.4) is 0 Å². The molecule has 0 aliphatic rings. The Balaban J connectivity index is 1.83. The predicted molar refractivity (Wildman–Crippen MR) is 77.6 cm³/mol. The average Bonchev–Trinajstić information content (AvgIpc) is 2.73. The number of aryl methyl sites for hydroxylation is 2. The molecule has 1 N–H and O–H groups in total. The van der Waals surface area contributed by atoms with Crippen molar-refractivity contribution in [1.29, 1.82) is 0 Å². The molecule has 2 rings (SSSR count). The summed E-state index contributed by atoms with van der Waals surface area (Å²) in [4.78, 5) is 10.8. The van der Waals surface area contributed by atoms with Crippen molar-refractivity contribution in [2.75, 3.05) is 12.4 Å². The van der Waals surface area contributed by atoms with Crippen molar-refractivity contribution >= 4 is 17.7 Å². The minimum atomic E-state index is -0.949. The molecule has 20 heavy (non-hydrogen) atoms. The monoisotopic (exact) mass is 292 g/mol. The summed E-state index contributed by atoms with van der Waals surface area (Å²) in [5.41, 5.74) is 1.22. The molecule has 6 heteroatoms. The topological polar surface area (TPSA) is 64.3 Å². The van der Waals surface area contributed by atoms with Gasteiger partial charge in [-0.1, -0.05) is 6.07 Å². The number of hydrogen-bond acceptors (Lipinski definition) is 4. The van der Waals surface area contributed by atoms with E-state index in [9.17, 15) is 4.79 Å². The van der Waals surface area contributed by atoms with Crippen molar-refractivity contribution in [3.8, 4) is 5.75 Å². The van der Waals surface area contributed by atoms with Crippen LogP contribution in [0.5, 0.6) is 5.75 Å². The molecule has 0 radical (unpaired) electrons. The van der Waals surface area contributed by atoms with Gasteiger partial charge in [0.2, 0.25) is 0 Å². The molecule has 0 unspecified atom stereocenters. The van der Waals surface area contributed by atoms with Gasteiger partial charge in [-0.3, -0.25) is 4.68 Å². The normalized spacial score (nSPS) is 10.5. The average molecular weight is 292 g/mol. The molecule has 1 aromatic carbocycles. The van der Waals surface area contributed by atoms with Gasteiger partial charge < -0.3 is 9.84 Å². The maximum atomic E-state index is 10.8. The van der Waals surface area contributed by atoms with Gasteiger partial charge in [0.15, 0.2) is 0 Å². The quantitative estimate of drug-likeness (QED) is 0.655. The lowest BCUT2D eigenvalue weighted by molar-refractivity contribution is 0.0696. The minimum absolute atomic E-state index is 0.234. The van der Waals surface area contributed by atoms with E-state index >= 15 is 0 Å². The van der Waals surface area contributed by atoms with Crippen LogP contribution in [0, 0.1) is 6.92 Å². The number of rotatable bonds is 6. The molecule has 2 aromatic rings. The molecule has 5 nitrogen and oxygen atoms in total.